The summed E-state index contributed by atoms with van der Waals surface area (Å²) in [5, 5.41) is 0. The molecule has 0 saturated carbocycles. The van der Waals surface area contributed by atoms with E-state index in [1.165, 1.54) is 5.56 Å². The number of nitrogens with one attached hydrogen (secondary N) is 1. The van der Waals surface area contributed by atoms with Crippen molar-refractivity contribution in [2.45, 2.75) is 19.3 Å². The molecule has 1 N–H and O–H groups in total. The summed E-state index contributed by atoms with van der Waals surface area (Å²) in [7, 11) is 1.84. The number of H-pyrrole nitrogens is 1. The van der Waals surface area contributed by atoms with Crippen LogP contribution in [0.4, 0.5) is 0 Å². The van der Waals surface area contributed by atoms with Gasteiger partial charge in [0.2, 0.25) is 5.91 Å². The highest BCUT2D eigenvalue weighted by molar-refractivity contribution is 5.76. The van der Waals surface area contributed by atoms with Crippen molar-refractivity contribution in [3.8, 4) is 0 Å². The first kappa shape index (κ1) is 13.3. The number of rotatable bonds is 6. The molecule has 1 amide bonds. The molecule has 0 aromatic carbocycles. The largest absolute Gasteiger partial charge is 0.348 e. The summed E-state index contributed by atoms with van der Waals surface area (Å²) < 4.78 is 0. The van der Waals surface area contributed by atoms with Gasteiger partial charge in [-0.3, -0.25) is 9.78 Å². The predicted octanol–water partition coefficient (Wildman–Crippen LogP) is 1.44. The van der Waals surface area contributed by atoms with Crippen LogP contribution < -0.4 is 0 Å². The number of imidazole rings is 1. The van der Waals surface area contributed by atoms with Crippen molar-refractivity contribution >= 4 is 5.91 Å². The Hall–Kier alpha value is -2.17. The van der Waals surface area contributed by atoms with Gasteiger partial charge in [-0.05, 0) is 30.5 Å². The van der Waals surface area contributed by atoms with E-state index in [1.807, 2.05) is 19.2 Å². The first-order chi connectivity index (χ1) is 9.25. The Morgan fingerprint density at radius 1 is 1.26 bits per heavy atom. The van der Waals surface area contributed by atoms with Gasteiger partial charge in [0.05, 0.1) is 6.33 Å². The highest BCUT2D eigenvalue weighted by Crippen LogP contribution is 2.03. The van der Waals surface area contributed by atoms with Crippen LogP contribution in [-0.2, 0) is 17.6 Å². The third kappa shape index (κ3) is 4.21. The van der Waals surface area contributed by atoms with Crippen molar-refractivity contribution in [3.63, 3.8) is 0 Å². The molecule has 5 heteroatoms. The van der Waals surface area contributed by atoms with E-state index in [4.69, 9.17) is 0 Å². The van der Waals surface area contributed by atoms with Crippen LogP contribution in [0, 0.1) is 0 Å². The molecule has 0 atom stereocenters. The van der Waals surface area contributed by atoms with E-state index in [2.05, 4.69) is 15.0 Å². The van der Waals surface area contributed by atoms with Gasteiger partial charge in [0.25, 0.3) is 0 Å². The van der Waals surface area contributed by atoms with Crippen LogP contribution in [0.3, 0.4) is 0 Å². The zero-order valence-electron chi connectivity index (χ0n) is 11.0. The SMILES string of the molecule is CN(CCc1ccncc1)C(=O)CCc1cnc[nH]1. The minimum atomic E-state index is 0.156. The maximum atomic E-state index is 11.9. The molecule has 0 unspecified atom stereocenters. The molecular formula is C14H18N4O. The van der Waals surface area contributed by atoms with Crippen molar-refractivity contribution in [2.24, 2.45) is 0 Å². The molecule has 0 saturated heterocycles. The van der Waals surface area contributed by atoms with Crippen molar-refractivity contribution in [1.29, 1.82) is 0 Å². The van der Waals surface area contributed by atoms with Crippen molar-refractivity contribution in [3.05, 3.63) is 48.3 Å². The van der Waals surface area contributed by atoms with Crippen LogP contribution in [0.2, 0.25) is 0 Å². The zero-order valence-corrected chi connectivity index (χ0v) is 11.0. The lowest BCUT2D eigenvalue weighted by Crippen LogP contribution is -2.29. The van der Waals surface area contributed by atoms with Crippen LogP contribution in [-0.4, -0.2) is 39.4 Å². The smallest absolute Gasteiger partial charge is 0.222 e. The van der Waals surface area contributed by atoms with Gasteiger partial charge in [-0.25, -0.2) is 4.98 Å². The number of aryl methyl sites for hydroxylation is 1. The first-order valence-corrected chi connectivity index (χ1v) is 6.36. The number of hydrogen-bond acceptors (Lipinski definition) is 3. The molecule has 0 aliphatic heterocycles. The molecule has 2 aromatic rings. The Kier molecular flexibility index (Phi) is 4.66. The summed E-state index contributed by atoms with van der Waals surface area (Å²) in [6.45, 7) is 0.728. The second-order valence-electron chi connectivity index (χ2n) is 4.50. The Morgan fingerprint density at radius 3 is 2.74 bits per heavy atom. The van der Waals surface area contributed by atoms with Gasteiger partial charge in [-0.2, -0.15) is 0 Å². The lowest BCUT2D eigenvalue weighted by atomic mass is 10.2. The average molecular weight is 258 g/mol. The minimum absolute atomic E-state index is 0.156. The average Bonchev–Trinajstić information content (AvgIpc) is 2.96. The van der Waals surface area contributed by atoms with E-state index in [1.54, 1.807) is 29.8 Å². The fourth-order valence-electron chi connectivity index (χ4n) is 1.82. The van der Waals surface area contributed by atoms with Gasteiger partial charge < -0.3 is 9.88 Å². The number of hydrogen-bond donors (Lipinski definition) is 1. The molecule has 2 rings (SSSR count). The molecule has 0 fully saturated rings. The second-order valence-corrected chi connectivity index (χ2v) is 4.50. The summed E-state index contributed by atoms with van der Waals surface area (Å²) in [6.07, 6.45) is 9.00. The summed E-state index contributed by atoms with van der Waals surface area (Å²) >= 11 is 0. The van der Waals surface area contributed by atoms with Gasteiger partial charge in [-0.15, -0.1) is 0 Å². The first-order valence-electron chi connectivity index (χ1n) is 6.36. The number of amides is 1. The molecule has 5 nitrogen and oxygen atoms in total. The molecule has 0 spiro atoms. The summed E-state index contributed by atoms with van der Waals surface area (Å²) in [4.78, 5) is 24.6. The summed E-state index contributed by atoms with van der Waals surface area (Å²) in [6, 6.07) is 3.95. The van der Waals surface area contributed by atoms with Crippen LogP contribution in [0.1, 0.15) is 17.7 Å². The molecular weight excluding hydrogens is 240 g/mol. The number of aromatic nitrogens is 3. The number of pyridine rings is 1. The molecule has 2 aromatic heterocycles. The number of aromatic amines is 1. The maximum absolute atomic E-state index is 11.9. The number of likely N-dealkylation sites (N-methyl/N-ethyl adjacent to an activating group) is 1. The van der Waals surface area contributed by atoms with Crippen molar-refractivity contribution in [1.82, 2.24) is 19.9 Å². The van der Waals surface area contributed by atoms with Gasteiger partial charge in [0.1, 0.15) is 0 Å². The number of carbonyl (C=O) groups excluding carboxylic acids is 1. The monoisotopic (exact) mass is 258 g/mol. The van der Waals surface area contributed by atoms with E-state index < -0.39 is 0 Å². The normalized spacial score (nSPS) is 10.4. The third-order valence-electron chi connectivity index (χ3n) is 3.07. The summed E-state index contributed by atoms with van der Waals surface area (Å²) in [5.74, 6) is 0.156. The number of nitrogens with zero attached hydrogens (tertiary/aromatic N) is 3. The molecule has 19 heavy (non-hydrogen) atoms. The highest BCUT2D eigenvalue weighted by Gasteiger charge is 2.09. The lowest BCUT2D eigenvalue weighted by molar-refractivity contribution is -0.129. The van der Waals surface area contributed by atoms with Crippen molar-refractivity contribution < 1.29 is 4.79 Å². The molecule has 0 aliphatic carbocycles. The fraction of sp³-hybridized carbons (Fsp3) is 0.357. The van der Waals surface area contributed by atoms with E-state index in [0.717, 1.165) is 18.7 Å². The quantitative estimate of drug-likeness (QED) is 0.852. The predicted molar refractivity (Wildman–Crippen MR) is 72.5 cm³/mol. The van der Waals surface area contributed by atoms with E-state index in [0.29, 0.717) is 12.8 Å². The summed E-state index contributed by atoms with van der Waals surface area (Å²) in [5.41, 5.74) is 2.19. The fourth-order valence-corrected chi connectivity index (χ4v) is 1.82. The molecule has 100 valence electrons. The molecule has 0 aliphatic rings. The van der Waals surface area contributed by atoms with Crippen LogP contribution >= 0.6 is 0 Å². The minimum Gasteiger partial charge on any atom is -0.348 e. The second kappa shape index (κ2) is 6.68. The van der Waals surface area contributed by atoms with E-state index in [9.17, 15) is 4.79 Å². The molecule has 0 bridgehead atoms. The van der Waals surface area contributed by atoms with E-state index >= 15 is 0 Å². The van der Waals surface area contributed by atoms with Gasteiger partial charge >= 0.3 is 0 Å². The highest BCUT2D eigenvalue weighted by atomic mass is 16.2. The Morgan fingerprint density at radius 2 is 2.05 bits per heavy atom. The Balaban J connectivity index is 1.73. The van der Waals surface area contributed by atoms with Crippen LogP contribution in [0.5, 0.6) is 0 Å². The topological polar surface area (TPSA) is 61.9 Å². The lowest BCUT2D eigenvalue weighted by Gasteiger charge is -2.16. The van der Waals surface area contributed by atoms with Gasteiger partial charge in [0, 0.05) is 44.3 Å². The van der Waals surface area contributed by atoms with Gasteiger partial charge in [-0.1, -0.05) is 0 Å². The maximum Gasteiger partial charge on any atom is 0.222 e. The van der Waals surface area contributed by atoms with Crippen LogP contribution in [0.15, 0.2) is 37.1 Å². The van der Waals surface area contributed by atoms with Crippen molar-refractivity contribution in [2.75, 3.05) is 13.6 Å². The Labute approximate surface area is 112 Å². The van der Waals surface area contributed by atoms with Crippen LogP contribution in [0.25, 0.3) is 0 Å². The molecule has 0 radical (unpaired) electrons. The molecule has 2 heterocycles. The number of carbonyl (C=O) groups is 1. The van der Waals surface area contributed by atoms with E-state index in [-0.39, 0.29) is 5.91 Å². The zero-order chi connectivity index (χ0) is 13.5. The third-order valence-corrected chi connectivity index (χ3v) is 3.07. The van der Waals surface area contributed by atoms with Gasteiger partial charge in [0.15, 0.2) is 0 Å². The Bertz CT molecular complexity index is 495. The standard InChI is InChI=1S/C14H18N4O/c1-18(9-6-12-4-7-15-8-5-12)14(19)3-2-13-10-16-11-17-13/h4-5,7-8,10-11H,2-3,6,9H2,1H3,(H,16,17).